The maximum absolute atomic E-state index is 6.35. The van der Waals surface area contributed by atoms with Crippen LogP contribution in [0, 0.1) is 0 Å². The SMILES string of the molecule is CSCCc1nc(C2CC2)n(Cc2ccccc2)c1N. The maximum atomic E-state index is 6.35. The molecular formula is C16H21N3S. The molecule has 1 saturated carbocycles. The number of nitrogens with two attached hydrogens (primary N) is 1. The molecule has 0 saturated heterocycles. The molecule has 2 N–H and O–H groups in total. The van der Waals surface area contributed by atoms with Crippen molar-refractivity contribution in [1.82, 2.24) is 9.55 Å². The number of benzene rings is 1. The van der Waals surface area contributed by atoms with Crippen LogP contribution < -0.4 is 5.73 Å². The van der Waals surface area contributed by atoms with Crippen molar-refractivity contribution in [2.75, 3.05) is 17.7 Å². The summed E-state index contributed by atoms with van der Waals surface area (Å²) in [5.74, 6) is 3.77. The van der Waals surface area contributed by atoms with Crippen LogP contribution in [0.2, 0.25) is 0 Å². The van der Waals surface area contributed by atoms with Crippen molar-refractivity contribution in [1.29, 1.82) is 0 Å². The molecule has 4 heteroatoms. The van der Waals surface area contributed by atoms with Gasteiger partial charge in [0.1, 0.15) is 11.6 Å². The highest BCUT2D eigenvalue weighted by atomic mass is 32.2. The molecule has 3 nitrogen and oxygen atoms in total. The van der Waals surface area contributed by atoms with Gasteiger partial charge >= 0.3 is 0 Å². The zero-order valence-electron chi connectivity index (χ0n) is 11.9. The van der Waals surface area contributed by atoms with Gasteiger partial charge in [0.15, 0.2) is 0 Å². The van der Waals surface area contributed by atoms with Crippen LogP contribution in [-0.4, -0.2) is 21.6 Å². The topological polar surface area (TPSA) is 43.8 Å². The van der Waals surface area contributed by atoms with Crippen LogP contribution >= 0.6 is 11.8 Å². The van der Waals surface area contributed by atoms with Crippen LogP contribution in [-0.2, 0) is 13.0 Å². The minimum Gasteiger partial charge on any atom is -0.384 e. The number of aryl methyl sites for hydroxylation is 1. The van der Waals surface area contributed by atoms with E-state index >= 15 is 0 Å². The molecule has 0 atom stereocenters. The Bertz CT molecular complexity index is 573. The summed E-state index contributed by atoms with van der Waals surface area (Å²) in [5.41, 5.74) is 8.72. The number of aromatic nitrogens is 2. The Balaban J connectivity index is 1.89. The second-order valence-electron chi connectivity index (χ2n) is 5.39. The van der Waals surface area contributed by atoms with Crippen LogP contribution in [0.5, 0.6) is 0 Å². The molecule has 0 bridgehead atoms. The number of hydrogen-bond donors (Lipinski definition) is 1. The van der Waals surface area contributed by atoms with E-state index in [1.807, 2.05) is 17.8 Å². The van der Waals surface area contributed by atoms with Crippen LogP contribution in [0.25, 0.3) is 0 Å². The molecule has 0 amide bonds. The molecule has 1 heterocycles. The number of imidazole rings is 1. The highest BCUT2D eigenvalue weighted by Gasteiger charge is 2.30. The van der Waals surface area contributed by atoms with E-state index in [0.29, 0.717) is 5.92 Å². The van der Waals surface area contributed by atoms with Gasteiger partial charge in [-0.1, -0.05) is 30.3 Å². The monoisotopic (exact) mass is 287 g/mol. The van der Waals surface area contributed by atoms with Crippen molar-refractivity contribution in [2.24, 2.45) is 0 Å². The lowest BCUT2D eigenvalue weighted by Crippen LogP contribution is -2.08. The highest BCUT2D eigenvalue weighted by molar-refractivity contribution is 7.98. The van der Waals surface area contributed by atoms with Gasteiger partial charge in [-0.05, 0) is 30.4 Å². The largest absolute Gasteiger partial charge is 0.384 e. The van der Waals surface area contributed by atoms with Crippen molar-refractivity contribution in [3.63, 3.8) is 0 Å². The first-order valence-corrected chi connectivity index (χ1v) is 8.56. The molecular weight excluding hydrogens is 266 g/mol. The molecule has 1 aromatic carbocycles. The lowest BCUT2D eigenvalue weighted by molar-refractivity contribution is 0.734. The first kappa shape index (κ1) is 13.6. The van der Waals surface area contributed by atoms with E-state index in [1.165, 1.54) is 24.2 Å². The molecule has 1 aliphatic carbocycles. The summed E-state index contributed by atoms with van der Waals surface area (Å²) in [4.78, 5) is 4.83. The Labute approximate surface area is 124 Å². The van der Waals surface area contributed by atoms with E-state index in [1.54, 1.807) is 0 Å². The molecule has 1 aromatic heterocycles. The molecule has 0 spiro atoms. The number of thioether (sulfide) groups is 1. The fraction of sp³-hybridized carbons (Fsp3) is 0.438. The molecule has 0 aliphatic heterocycles. The average Bonchev–Trinajstić information content (AvgIpc) is 3.27. The Morgan fingerprint density at radius 2 is 2.05 bits per heavy atom. The van der Waals surface area contributed by atoms with Gasteiger partial charge in [0.2, 0.25) is 0 Å². The quantitative estimate of drug-likeness (QED) is 0.886. The van der Waals surface area contributed by atoms with Gasteiger partial charge in [-0.2, -0.15) is 11.8 Å². The Morgan fingerprint density at radius 3 is 2.70 bits per heavy atom. The van der Waals surface area contributed by atoms with Gasteiger partial charge < -0.3 is 10.3 Å². The zero-order valence-corrected chi connectivity index (χ0v) is 12.7. The number of rotatable bonds is 6. The van der Waals surface area contributed by atoms with E-state index in [4.69, 9.17) is 10.7 Å². The molecule has 0 radical (unpaired) electrons. The van der Waals surface area contributed by atoms with Crippen LogP contribution in [0.3, 0.4) is 0 Å². The third-order valence-corrected chi connectivity index (χ3v) is 4.39. The first-order valence-electron chi connectivity index (χ1n) is 7.17. The lowest BCUT2D eigenvalue weighted by Gasteiger charge is -2.09. The van der Waals surface area contributed by atoms with Crippen LogP contribution in [0.4, 0.5) is 5.82 Å². The summed E-state index contributed by atoms with van der Waals surface area (Å²) < 4.78 is 2.22. The van der Waals surface area contributed by atoms with E-state index in [0.717, 1.165) is 30.2 Å². The van der Waals surface area contributed by atoms with Gasteiger partial charge in [0.25, 0.3) is 0 Å². The number of nitrogen functional groups attached to an aromatic ring is 1. The van der Waals surface area contributed by atoms with Gasteiger partial charge in [-0.25, -0.2) is 4.98 Å². The summed E-state index contributed by atoms with van der Waals surface area (Å²) in [6.45, 7) is 0.838. The minimum atomic E-state index is 0.629. The van der Waals surface area contributed by atoms with Crippen molar-refractivity contribution in [3.05, 3.63) is 47.4 Å². The predicted octanol–water partition coefficient (Wildman–Crippen LogP) is 3.30. The first-order chi connectivity index (χ1) is 9.79. The van der Waals surface area contributed by atoms with Crippen molar-refractivity contribution in [3.8, 4) is 0 Å². The van der Waals surface area contributed by atoms with E-state index < -0.39 is 0 Å². The molecule has 1 fully saturated rings. The normalized spacial score (nSPS) is 14.7. The minimum absolute atomic E-state index is 0.629. The van der Waals surface area contributed by atoms with E-state index in [-0.39, 0.29) is 0 Å². The van der Waals surface area contributed by atoms with Crippen molar-refractivity contribution >= 4 is 17.6 Å². The van der Waals surface area contributed by atoms with E-state index in [9.17, 15) is 0 Å². The summed E-state index contributed by atoms with van der Waals surface area (Å²) in [5, 5.41) is 0. The fourth-order valence-electron chi connectivity index (χ4n) is 2.50. The molecule has 0 unspecified atom stereocenters. The molecule has 20 heavy (non-hydrogen) atoms. The summed E-state index contributed by atoms with van der Waals surface area (Å²) in [6.07, 6.45) is 5.61. The third-order valence-electron chi connectivity index (χ3n) is 3.78. The Kier molecular flexibility index (Phi) is 4.01. The van der Waals surface area contributed by atoms with Crippen LogP contribution in [0.15, 0.2) is 30.3 Å². The molecule has 106 valence electrons. The fourth-order valence-corrected chi connectivity index (χ4v) is 2.90. The zero-order chi connectivity index (χ0) is 13.9. The lowest BCUT2D eigenvalue weighted by atomic mass is 10.2. The van der Waals surface area contributed by atoms with Gasteiger partial charge in [-0.3, -0.25) is 0 Å². The van der Waals surface area contributed by atoms with Gasteiger partial charge in [0.05, 0.1) is 12.2 Å². The van der Waals surface area contributed by atoms with Crippen LogP contribution in [0.1, 0.15) is 35.8 Å². The standard InChI is InChI=1S/C16H21N3S/c1-20-10-9-14-15(17)19(16(18-14)13-7-8-13)11-12-5-3-2-4-6-12/h2-6,13H,7-11,17H2,1H3. The summed E-state index contributed by atoms with van der Waals surface area (Å²) in [6, 6.07) is 10.5. The summed E-state index contributed by atoms with van der Waals surface area (Å²) >= 11 is 1.84. The van der Waals surface area contributed by atoms with Gasteiger partial charge in [0, 0.05) is 12.3 Å². The number of anilines is 1. The van der Waals surface area contributed by atoms with Crippen molar-refractivity contribution < 1.29 is 0 Å². The van der Waals surface area contributed by atoms with E-state index in [2.05, 4.69) is 35.1 Å². The van der Waals surface area contributed by atoms with Crippen molar-refractivity contribution in [2.45, 2.75) is 31.7 Å². The molecule has 1 aliphatic rings. The number of hydrogen-bond acceptors (Lipinski definition) is 3. The average molecular weight is 287 g/mol. The predicted molar refractivity (Wildman–Crippen MR) is 86.2 cm³/mol. The smallest absolute Gasteiger partial charge is 0.127 e. The Hall–Kier alpha value is -1.42. The second kappa shape index (κ2) is 5.92. The second-order valence-corrected chi connectivity index (χ2v) is 6.38. The highest BCUT2D eigenvalue weighted by Crippen LogP contribution is 2.41. The van der Waals surface area contributed by atoms with Gasteiger partial charge in [-0.15, -0.1) is 0 Å². The summed E-state index contributed by atoms with van der Waals surface area (Å²) in [7, 11) is 0. The maximum Gasteiger partial charge on any atom is 0.127 e. The molecule has 3 rings (SSSR count). The molecule has 2 aromatic rings. The number of nitrogens with zero attached hydrogens (tertiary/aromatic N) is 2. The third kappa shape index (κ3) is 2.85. The Morgan fingerprint density at radius 1 is 1.30 bits per heavy atom.